The summed E-state index contributed by atoms with van der Waals surface area (Å²) in [6.45, 7) is 1.73. The Morgan fingerprint density at radius 1 is 1.15 bits per heavy atom. The summed E-state index contributed by atoms with van der Waals surface area (Å²) in [5.41, 5.74) is 1.34. The molecule has 0 bridgehead atoms. The van der Waals surface area contributed by atoms with Crippen molar-refractivity contribution in [3.63, 3.8) is 0 Å². The maximum Gasteiger partial charge on any atom is 0.342 e. The molecule has 2 aromatic carbocycles. The van der Waals surface area contributed by atoms with Crippen LogP contribution in [0.15, 0.2) is 53.4 Å². The molecule has 0 spiro atoms. The van der Waals surface area contributed by atoms with E-state index in [1.165, 1.54) is 7.11 Å². The molecular formula is C21H25NO4S. The smallest absolute Gasteiger partial charge is 0.342 e. The summed E-state index contributed by atoms with van der Waals surface area (Å²) < 4.78 is 10.4. The minimum absolute atomic E-state index is 0.0993. The molecular weight excluding hydrogens is 362 g/mol. The largest absolute Gasteiger partial charge is 0.496 e. The van der Waals surface area contributed by atoms with Crippen LogP contribution in [0.5, 0.6) is 5.75 Å². The third-order valence-electron chi connectivity index (χ3n) is 4.08. The maximum absolute atomic E-state index is 12.3. The number of methoxy groups -OCH3 is 1. The van der Waals surface area contributed by atoms with Crippen molar-refractivity contribution in [1.29, 1.82) is 0 Å². The van der Waals surface area contributed by atoms with Gasteiger partial charge in [-0.25, -0.2) is 4.79 Å². The minimum atomic E-state index is -0.582. The molecule has 1 N–H and O–H groups in total. The lowest BCUT2D eigenvalue weighted by atomic mass is 10.0. The fourth-order valence-corrected chi connectivity index (χ4v) is 3.14. The van der Waals surface area contributed by atoms with Gasteiger partial charge in [-0.1, -0.05) is 43.7 Å². The lowest BCUT2D eigenvalue weighted by Gasteiger charge is -2.18. The van der Waals surface area contributed by atoms with Crippen LogP contribution in [-0.2, 0) is 9.53 Å². The topological polar surface area (TPSA) is 64.6 Å². The van der Waals surface area contributed by atoms with Crippen LogP contribution >= 0.6 is 11.8 Å². The van der Waals surface area contributed by atoms with Gasteiger partial charge in [0.05, 0.1) is 13.2 Å². The minimum Gasteiger partial charge on any atom is -0.496 e. The first-order chi connectivity index (χ1) is 13.1. The highest BCUT2D eigenvalue weighted by Crippen LogP contribution is 2.26. The Kier molecular flexibility index (Phi) is 8.20. The van der Waals surface area contributed by atoms with Crippen LogP contribution in [0.3, 0.4) is 0 Å². The summed E-state index contributed by atoms with van der Waals surface area (Å²) in [5, 5.41) is 2.94. The van der Waals surface area contributed by atoms with Gasteiger partial charge in [-0.05, 0) is 36.4 Å². The zero-order chi connectivity index (χ0) is 19.6. The van der Waals surface area contributed by atoms with Crippen molar-refractivity contribution in [2.45, 2.75) is 30.7 Å². The Morgan fingerprint density at radius 3 is 2.52 bits per heavy atom. The third-order valence-corrected chi connectivity index (χ3v) is 4.80. The Balaban J connectivity index is 1.97. The van der Waals surface area contributed by atoms with Gasteiger partial charge in [-0.15, -0.1) is 11.8 Å². The van der Waals surface area contributed by atoms with Crippen molar-refractivity contribution in [1.82, 2.24) is 5.32 Å². The number of nitrogens with one attached hydrogen (secondary N) is 1. The van der Waals surface area contributed by atoms with E-state index in [1.807, 2.05) is 42.7 Å². The standard InChI is InChI=1S/C21H25NO4S/c1-4-8-18(15-9-6-5-7-10-15)22-20(23)14-26-21(24)17-12-11-16(27-3)13-19(17)25-2/h5-7,9-13,18H,4,8,14H2,1-3H3,(H,22,23)/t18-/m1/s1. The Hall–Kier alpha value is -2.47. The maximum atomic E-state index is 12.3. The predicted octanol–water partition coefficient (Wildman–Crippen LogP) is 4.23. The van der Waals surface area contributed by atoms with Gasteiger partial charge in [0.1, 0.15) is 11.3 Å². The molecule has 5 nitrogen and oxygen atoms in total. The van der Waals surface area contributed by atoms with E-state index in [9.17, 15) is 9.59 Å². The monoisotopic (exact) mass is 387 g/mol. The van der Waals surface area contributed by atoms with Gasteiger partial charge in [0, 0.05) is 4.90 Å². The van der Waals surface area contributed by atoms with Crippen molar-refractivity contribution in [2.75, 3.05) is 20.0 Å². The highest BCUT2D eigenvalue weighted by atomic mass is 32.2. The van der Waals surface area contributed by atoms with Crippen LogP contribution in [-0.4, -0.2) is 31.8 Å². The quantitative estimate of drug-likeness (QED) is 0.515. The molecule has 144 valence electrons. The highest BCUT2D eigenvalue weighted by Gasteiger charge is 2.18. The number of hydrogen-bond donors (Lipinski definition) is 1. The number of carbonyl (C=O) groups is 2. The van der Waals surface area contributed by atoms with Crippen LogP contribution in [0.1, 0.15) is 41.7 Å². The van der Waals surface area contributed by atoms with Crippen molar-refractivity contribution in [3.8, 4) is 5.75 Å². The van der Waals surface area contributed by atoms with E-state index < -0.39 is 5.97 Å². The second-order valence-corrected chi connectivity index (χ2v) is 6.84. The van der Waals surface area contributed by atoms with Crippen LogP contribution in [0.25, 0.3) is 0 Å². The SMILES string of the molecule is CCC[C@@H](NC(=O)COC(=O)c1ccc(SC)cc1OC)c1ccccc1. The normalized spacial score (nSPS) is 11.5. The zero-order valence-electron chi connectivity index (χ0n) is 15.9. The first-order valence-electron chi connectivity index (χ1n) is 8.82. The number of thioether (sulfide) groups is 1. The molecule has 0 aliphatic carbocycles. The van der Waals surface area contributed by atoms with Crippen LogP contribution in [0, 0.1) is 0 Å². The molecule has 0 fully saturated rings. The van der Waals surface area contributed by atoms with Gasteiger partial charge in [0.2, 0.25) is 0 Å². The summed E-state index contributed by atoms with van der Waals surface area (Å²) in [6, 6.07) is 14.9. The molecule has 0 heterocycles. The Labute approximate surface area is 164 Å². The molecule has 0 saturated carbocycles. The van der Waals surface area contributed by atoms with Gasteiger partial charge in [0.25, 0.3) is 5.91 Å². The molecule has 0 aliphatic rings. The van der Waals surface area contributed by atoms with Crippen LogP contribution < -0.4 is 10.1 Å². The summed E-state index contributed by atoms with van der Waals surface area (Å²) >= 11 is 1.55. The summed E-state index contributed by atoms with van der Waals surface area (Å²) in [5.74, 6) is -0.479. The van der Waals surface area contributed by atoms with E-state index in [2.05, 4.69) is 12.2 Å². The average Bonchev–Trinajstić information content (AvgIpc) is 2.71. The van der Waals surface area contributed by atoms with E-state index in [-0.39, 0.29) is 18.6 Å². The van der Waals surface area contributed by atoms with E-state index in [0.717, 1.165) is 23.3 Å². The molecule has 1 amide bonds. The summed E-state index contributed by atoms with van der Waals surface area (Å²) in [4.78, 5) is 25.6. The van der Waals surface area contributed by atoms with Crippen molar-refractivity contribution in [3.05, 3.63) is 59.7 Å². The van der Waals surface area contributed by atoms with E-state index in [4.69, 9.17) is 9.47 Å². The molecule has 0 unspecified atom stereocenters. The zero-order valence-corrected chi connectivity index (χ0v) is 16.7. The van der Waals surface area contributed by atoms with E-state index in [1.54, 1.807) is 23.9 Å². The number of hydrogen-bond acceptors (Lipinski definition) is 5. The lowest BCUT2D eigenvalue weighted by molar-refractivity contribution is -0.125. The molecule has 0 aliphatic heterocycles. The number of rotatable bonds is 9. The number of esters is 1. The van der Waals surface area contributed by atoms with Crippen molar-refractivity contribution >= 4 is 23.6 Å². The average molecular weight is 388 g/mol. The van der Waals surface area contributed by atoms with Gasteiger partial charge in [-0.2, -0.15) is 0 Å². The highest BCUT2D eigenvalue weighted by molar-refractivity contribution is 7.98. The van der Waals surface area contributed by atoms with Crippen LogP contribution in [0.2, 0.25) is 0 Å². The number of carbonyl (C=O) groups excluding carboxylic acids is 2. The Bertz CT molecular complexity index is 764. The fourth-order valence-electron chi connectivity index (χ4n) is 2.71. The second-order valence-electron chi connectivity index (χ2n) is 5.96. The number of benzene rings is 2. The molecule has 1 atom stereocenters. The van der Waals surface area contributed by atoms with Gasteiger partial charge in [0.15, 0.2) is 6.61 Å². The molecule has 0 saturated heterocycles. The summed E-state index contributed by atoms with van der Waals surface area (Å²) in [7, 11) is 1.50. The van der Waals surface area contributed by atoms with Crippen molar-refractivity contribution < 1.29 is 19.1 Å². The molecule has 0 radical (unpaired) electrons. The first kappa shape index (κ1) is 20.8. The van der Waals surface area contributed by atoms with E-state index >= 15 is 0 Å². The number of ether oxygens (including phenoxy) is 2. The first-order valence-corrected chi connectivity index (χ1v) is 10.0. The molecule has 27 heavy (non-hydrogen) atoms. The van der Waals surface area contributed by atoms with E-state index in [0.29, 0.717) is 11.3 Å². The summed E-state index contributed by atoms with van der Waals surface area (Å²) in [6.07, 6.45) is 3.68. The predicted molar refractivity (Wildman–Crippen MR) is 107 cm³/mol. The second kappa shape index (κ2) is 10.6. The van der Waals surface area contributed by atoms with Gasteiger partial charge < -0.3 is 14.8 Å². The fraction of sp³-hybridized carbons (Fsp3) is 0.333. The van der Waals surface area contributed by atoms with Crippen molar-refractivity contribution in [2.24, 2.45) is 0 Å². The third kappa shape index (κ3) is 6.03. The Morgan fingerprint density at radius 2 is 1.89 bits per heavy atom. The molecule has 0 aromatic heterocycles. The molecule has 2 aromatic rings. The van der Waals surface area contributed by atoms with Crippen LogP contribution in [0.4, 0.5) is 0 Å². The van der Waals surface area contributed by atoms with Gasteiger partial charge in [-0.3, -0.25) is 4.79 Å². The molecule has 6 heteroatoms. The molecule has 2 rings (SSSR count). The van der Waals surface area contributed by atoms with Gasteiger partial charge >= 0.3 is 5.97 Å². The lowest BCUT2D eigenvalue weighted by Crippen LogP contribution is -2.32. The number of amides is 1.